The van der Waals surface area contributed by atoms with Gasteiger partial charge in [0.05, 0.1) is 0 Å². The second kappa shape index (κ2) is 6.61. The van der Waals surface area contributed by atoms with E-state index >= 15 is 0 Å². The summed E-state index contributed by atoms with van der Waals surface area (Å²) >= 11 is 0. The van der Waals surface area contributed by atoms with E-state index in [0.29, 0.717) is 0 Å². The first-order valence-corrected chi connectivity index (χ1v) is 6.82. The molecule has 0 aliphatic carbocycles. The van der Waals surface area contributed by atoms with E-state index in [2.05, 4.69) is 48.2 Å². The zero-order valence-electron chi connectivity index (χ0n) is 10.9. The van der Waals surface area contributed by atoms with E-state index in [1.807, 2.05) is 0 Å². The van der Waals surface area contributed by atoms with Crippen LogP contribution in [-0.2, 0) is 6.54 Å². The van der Waals surface area contributed by atoms with Gasteiger partial charge in [0.15, 0.2) is 0 Å². The van der Waals surface area contributed by atoms with E-state index in [0.717, 1.165) is 6.54 Å². The minimum absolute atomic E-state index is 1.11. The summed E-state index contributed by atoms with van der Waals surface area (Å²) in [5, 5.41) is 0. The molecule has 0 amide bonds. The van der Waals surface area contributed by atoms with Crippen LogP contribution >= 0.6 is 0 Å². The van der Waals surface area contributed by atoms with Crippen LogP contribution in [0.2, 0.25) is 0 Å². The summed E-state index contributed by atoms with van der Waals surface area (Å²) < 4.78 is 0. The minimum atomic E-state index is 1.11. The molecular formula is C16H23N. The van der Waals surface area contributed by atoms with Gasteiger partial charge in [-0.15, -0.1) is 0 Å². The minimum Gasteiger partial charge on any atom is -0.298 e. The van der Waals surface area contributed by atoms with Crippen LogP contribution in [-0.4, -0.2) is 18.0 Å². The molecule has 17 heavy (non-hydrogen) atoms. The number of nitrogens with zero attached hydrogens (tertiary/aromatic N) is 1. The number of likely N-dealkylation sites (tertiary alicyclic amines) is 1. The van der Waals surface area contributed by atoms with Gasteiger partial charge in [-0.1, -0.05) is 55.3 Å². The average Bonchev–Trinajstić information content (AvgIpc) is 2.39. The number of benzene rings is 1. The maximum atomic E-state index is 2.57. The monoisotopic (exact) mass is 229 g/mol. The lowest BCUT2D eigenvalue weighted by Crippen LogP contribution is -2.30. The number of hydrogen-bond acceptors (Lipinski definition) is 1. The Balaban J connectivity index is 1.80. The van der Waals surface area contributed by atoms with Crippen molar-refractivity contribution in [2.75, 3.05) is 13.1 Å². The molecular weight excluding hydrogens is 206 g/mol. The third-order valence-electron chi connectivity index (χ3n) is 3.47. The van der Waals surface area contributed by atoms with Crippen LogP contribution in [0.1, 0.15) is 38.2 Å². The molecule has 0 aromatic heterocycles. The summed E-state index contributed by atoms with van der Waals surface area (Å²) in [7, 11) is 0. The number of piperidine rings is 1. The van der Waals surface area contributed by atoms with Crippen LogP contribution < -0.4 is 0 Å². The van der Waals surface area contributed by atoms with E-state index < -0.39 is 0 Å². The topological polar surface area (TPSA) is 3.24 Å². The van der Waals surface area contributed by atoms with Crippen molar-refractivity contribution in [3.63, 3.8) is 0 Å². The van der Waals surface area contributed by atoms with Crippen LogP contribution in [0, 0.1) is 0 Å². The van der Waals surface area contributed by atoms with Crippen molar-refractivity contribution in [3.05, 3.63) is 47.5 Å². The van der Waals surface area contributed by atoms with Gasteiger partial charge in [0.25, 0.3) is 0 Å². The van der Waals surface area contributed by atoms with E-state index in [-0.39, 0.29) is 0 Å². The zero-order chi connectivity index (χ0) is 11.9. The van der Waals surface area contributed by atoms with Crippen molar-refractivity contribution < 1.29 is 0 Å². The first-order valence-electron chi connectivity index (χ1n) is 6.82. The van der Waals surface area contributed by atoms with E-state index in [1.165, 1.54) is 44.3 Å². The van der Waals surface area contributed by atoms with Gasteiger partial charge in [0.1, 0.15) is 0 Å². The molecule has 2 rings (SSSR count). The van der Waals surface area contributed by atoms with Crippen molar-refractivity contribution in [2.45, 2.75) is 39.2 Å². The zero-order valence-corrected chi connectivity index (χ0v) is 10.9. The Kier molecular flexibility index (Phi) is 4.81. The fourth-order valence-electron chi connectivity index (χ4n) is 2.39. The second-order valence-corrected chi connectivity index (χ2v) is 4.91. The maximum Gasteiger partial charge on any atom is 0.0233 e. The van der Waals surface area contributed by atoms with Crippen molar-refractivity contribution in [2.24, 2.45) is 0 Å². The molecule has 1 aliphatic heterocycles. The first-order chi connectivity index (χ1) is 8.38. The predicted molar refractivity (Wildman–Crippen MR) is 73.9 cm³/mol. The summed E-state index contributed by atoms with van der Waals surface area (Å²) in [6.45, 7) is 5.82. The molecule has 0 atom stereocenters. The summed E-state index contributed by atoms with van der Waals surface area (Å²) in [4.78, 5) is 2.57. The predicted octanol–water partition coefficient (Wildman–Crippen LogP) is 4.01. The quantitative estimate of drug-likeness (QED) is 0.705. The molecule has 1 aromatic rings. The second-order valence-electron chi connectivity index (χ2n) is 4.91. The normalized spacial score (nSPS) is 17.1. The highest BCUT2D eigenvalue weighted by molar-refractivity contribution is 5.15. The molecule has 92 valence electrons. The molecule has 0 N–H and O–H groups in total. The average molecular weight is 229 g/mol. The molecule has 1 aromatic carbocycles. The molecule has 1 saturated heterocycles. The Hall–Kier alpha value is -1.08. The maximum absolute atomic E-state index is 2.57. The standard InChI is InChI=1S/C16H23N/c1-2-3-7-15-10-12-17(13-11-15)14-16-8-5-4-6-9-16/h4-9H,2-3,10-14H2,1H3. The van der Waals surface area contributed by atoms with Crippen LogP contribution in [0.25, 0.3) is 0 Å². The highest BCUT2D eigenvalue weighted by Gasteiger charge is 2.13. The molecule has 0 saturated carbocycles. The number of rotatable bonds is 4. The highest BCUT2D eigenvalue weighted by atomic mass is 15.1. The van der Waals surface area contributed by atoms with Gasteiger partial charge in [-0.25, -0.2) is 0 Å². The molecule has 1 heteroatoms. The van der Waals surface area contributed by atoms with E-state index in [1.54, 1.807) is 5.57 Å². The molecule has 0 radical (unpaired) electrons. The van der Waals surface area contributed by atoms with Gasteiger partial charge in [-0.2, -0.15) is 0 Å². The van der Waals surface area contributed by atoms with Crippen LogP contribution in [0.5, 0.6) is 0 Å². The van der Waals surface area contributed by atoms with Crippen molar-refractivity contribution >= 4 is 0 Å². The lowest BCUT2D eigenvalue weighted by atomic mass is 10.0. The Morgan fingerprint density at radius 3 is 2.47 bits per heavy atom. The van der Waals surface area contributed by atoms with Crippen molar-refractivity contribution in [1.82, 2.24) is 4.90 Å². The smallest absolute Gasteiger partial charge is 0.0233 e. The van der Waals surface area contributed by atoms with Crippen molar-refractivity contribution in [1.29, 1.82) is 0 Å². The van der Waals surface area contributed by atoms with Crippen LogP contribution in [0.4, 0.5) is 0 Å². The van der Waals surface area contributed by atoms with E-state index in [4.69, 9.17) is 0 Å². The molecule has 1 heterocycles. The lowest BCUT2D eigenvalue weighted by Gasteiger charge is -2.28. The SMILES string of the molecule is CCCC=C1CCN(Cc2ccccc2)CC1. The number of hydrogen-bond donors (Lipinski definition) is 0. The third-order valence-corrected chi connectivity index (χ3v) is 3.47. The first kappa shape index (κ1) is 12.4. The van der Waals surface area contributed by atoms with Crippen molar-refractivity contribution in [3.8, 4) is 0 Å². The Bertz CT molecular complexity index is 343. The fraction of sp³-hybridized carbons (Fsp3) is 0.500. The van der Waals surface area contributed by atoms with Gasteiger partial charge in [-0.3, -0.25) is 4.90 Å². The van der Waals surface area contributed by atoms with Gasteiger partial charge >= 0.3 is 0 Å². The molecule has 0 bridgehead atoms. The number of unbranched alkanes of at least 4 members (excludes halogenated alkanes) is 1. The number of allylic oxidation sites excluding steroid dienone is 1. The Morgan fingerprint density at radius 1 is 1.12 bits per heavy atom. The molecule has 1 nitrogen and oxygen atoms in total. The summed E-state index contributed by atoms with van der Waals surface area (Å²) in [5.74, 6) is 0. The fourth-order valence-corrected chi connectivity index (χ4v) is 2.39. The third kappa shape index (κ3) is 4.01. The van der Waals surface area contributed by atoms with Gasteiger partial charge in [0, 0.05) is 19.6 Å². The summed E-state index contributed by atoms with van der Waals surface area (Å²) in [5.41, 5.74) is 3.12. The highest BCUT2D eigenvalue weighted by Crippen LogP contribution is 2.18. The molecule has 1 fully saturated rings. The van der Waals surface area contributed by atoms with Crippen LogP contribution in [0.15, 0.2) is 42.0 Å². The van der Waals surface area contributed by atoms with E-state index in [9.17, 15) is 0 Å². The molecule has 0 spiro atoms. The van der Waals surface area contributed by atoms with Crippen LogP contribution in [0.3, 0.4) is 0 Å². The molecule has 0 unspecified atom stereocenters. The lowest BCUT2D eigenvalue weighted by molar-refractivity contribution is 0.248. The summed E-state index contributed by atoms with van der Waals surface area (Å²) in [6, 6.07) is 10.8. The summed E-state index contributed by atoms with van der Waals surface area (Å²) in [6.07, 6.45) is 7.53. The van der Waals surface area contributed by atoms with Gasteiger partial charge in [0.2, 0.25) is 0 Å². The van der Waals surface area contributed by atoms with Gasteiger partial charge < -0.3 is 0 Å². The largest absolute Gasteiger partial charge is 0.298 e. The van der Waals surface area contributed by atoms with Gasteiger partial charge in [-0.05, 0) is 24.8 Å². The molecule has 1 aliphatic rings. The Labute approximate surface area is 105 Å². The Morgan fingerprint density at radius 2 is 1.82 bits per heavy atom.